The van der Waals surface area contributed by atoms with Gasteiger partial charge in [0.2, 0.25) is 0 Å². The van der Waals surface area contributed by atoms with Gasteiger partial charge in [-0.05, 0) is 37.5 Å². The summed E-state index contributed by atoms with van der Waals surface area (Å²) < 4.78 is 5.05. The molecule has 0 fully saturated rings. The minimum Gasteiger partial charge on any atom is -0.497 e. The number of rotatable bonds is 5. The molecule has 3 heteroatoms. The van der Waals surface area contributed by atoms with Crippen molar-refractivity contribution in [2.45, 2.75) is 25.4 Å². The van der Waals surface area contributed by atoms with Gasteiger partial charge in [-0.15, -0.1) is 0 Å². The third kappa shape index (κ3) is 3.90. The number of aliphatic hydroxyl groups excluding tert-OH is 1. The van der Waals surface area contributed by atoms with Gasteiger partial charge in [0, 0.05) is 0 Å². The van der Waals surface area contributed by atoms with Crippen LogP contribution in [0.5, 0.6) is 5.75 Å². The van der Waals surface area contributed by atoms with Crippen molar-refractivity contribution in [2.24, 2.45) is 0 Å². The molecular weight excluding hydrogens is 192 g/mol. The zero-order valence-corrected chi connectivity index (χ0v) is 9.23. The minimum atomic E-state index is -0.986. The van der Waals surface area contributed by atoms with Crippen molar-refractivity contribution in [3.05, 3.63) is 29.8 Å². The summed E-state index contributed by atoms with van der Waals surface area (Å²) in [5.41, 5.74) is 0.143. The molecule has 15 heavy (non-hydrogen) atoms. The summed E-state index contributed by atoms with van der Waals surface area (Å²) >= 11 is 0. The highest BCUT2D eigenvalue weighted by atomic mass is 16.5. The molecule has 0 aromatic heterocycles. The van der Waals surface area contributed by atoms with Gasteiger partial charge in [0.1, 0.15) is 5.75 Å². The highest BCUT2D eigenvalue weighted by Crippen LogP contribution is 2.16. The molecule has 0 spiro atoms. The van der Waals surface area contributed by atoms with Crippen LogP contribution in [0.2, 0.25) is 0 Å². The smallest absolute Gasteiger partial charge is 0.118 e. The summed E-state index contributed by atoms with van der Waals surface area (Å²) in [6, 6.07) is 7.71. The maximum atomic E-state index is 9.61. The van der Waals surface area contributed by atoms with Crippen LogP contribution in [-0.2, 0) is 6.42 Å². The van der Waals surface area contributed by atoms with Crippen molar-refractivity contribution >= 4 is 0 Å². The number of aliphatic hydroxyl groups is 2. The number of hydrogen-bond acceptors (Lipinski definition) is 3. The first-order chi connectivity index (χ1) is 7.07. The Kier molecular flexibility index (Phi) is 4.12. The van der Waals surface area contributed by atoms with E-state index in [1.54, 1.807) is 14.0 Å². The average Bonchev–Trinajstić information content (AvgIpc) is 2.27. The first kappa shape index (κ1) is 12.0. The fourth-order valence-corrected chi connectivity index (χ4v) is 1.28. The summed E-state index contributed by atoms with van der Waals surface area (Å²) in [4.78, 5) is 0. The molecule has 1 rings (SSSR count). The van der Waals surface area contributed by atoms with Crippen molar-refractivity contribution in [3.8, 4) is 5.75 Å². The van der Waals surface area contributed by atoms with Crippen LogP contribution in [0.1, 0.15) is 18.9 Å². The molecule has 0 aliphatic heterocycles. The van der Waals surface area contributed by atoms with E-state index in [-0.39, 0.29) is 6.61 Å². The molecular formula is C12H18O3. The molecule has 0 aliphatic rings. The van der Waals surface area contributed by atoms with Crippen molar-refractivity contribution in [2.75, 3.05) is 13.7 Å². The van der Waals surface area contributed by atoms with Crippen LogP contribution >= 0.6 is 0 Å². The lowest BCUT2D eigenvalue weighted by molar-refractivity contribution is -0.00474. The van der Waals surface area contributed by atoms with Crippen molar-refractivity contribution in [1.82, 2.24) is 0 Å². The van der Waals surface area contributed by atoms with E-state index in [4.69, 9.17) is 9.84 Å². The predicted molar refractivity (Wildman–Crippen MR) is 59.0 cm³/mol. The Balaban J connectivity index is 2.51. The zero-order chi connectivity index (χ0) is 11.3. The molecule has 1 aromatic carbocycles. The molecule has 0 saturated heterocycles. The third-order valence-corrected chi connectivity index (χ3v) is 2.45. The van der Waals surface area contributed by atoms with Crippen molar-refractivity contribution < 1.29 is 14.9 Å². The van der Waals surface area contributed by atoms with Crippen molar-refractivity contribution in [3.63, 3.8) is 0 Å². The number of hydrogen-bond donors (Lipinski definition) is 2. The summed E-state index contributed by atoms with van der Waals surface area (Å²) in [5, 5.41) is 18.5. The van der Waals surface area contributed by atoms with Crippen LogP contribution in [-0.4, -0.2) is 29.5 Å². The molecule has 0 saturated carbocycles. The van der Waals surface area contributed by atoms with Crippen LogP contribution in [0.15, 0.2) is 24.3 Å². The Morgan fingerprint density at radius 3 is 2.33 bits per heavy atom. The first-order valence-corrected chi connectivity index (χ1v) is 5.03. The van der Waals surface area contributed by atoms with Gasteiger partial charge in [-0.3, -0.25) is 0 Å². The SMILES string of the molecule is COc1ccc(CCC(C)(O)CO)cc1. The summed E-state index contributed by atoms with van der Waals surface area (Å²) in [6.07, 6.45) is 1.30. The predicted octanol–water partition coefficient (Wildman–Crippen LogP) is 1.37. The molecule has 0 amide bonds. The highest BCUT2D eigenvalue weighted by Gasteiger charge is 2.18. The Morgan fingerprint density at radius 1 is 1.27 bits per heavy atom. The van der Waals surface area contributed by atoms with Crippen molar-refractivity contribution in [1.29, 1.82) is 0 Å². The van der Waals surface area contributed by atoms with Crippen LogP contribution in [0.3, 0.4) is 0 Å². The lowest BCUT2D eigenvalue weighted by atomic mass is 9.98. The Morgan fingerprint density at radius 2 is 1.87 bits per heavy atom. The van der Waals surface area contributed by atoms with Gasteiger partial charge in [-0.1, -0.05) is 12.1 Å². The Bertz CT molecular complexity index is 290. The van der Waals surface area contributed by atoms with E-state index in [2.05, 4.69) is 0 Å². The topological polar surface area (TPSA) is 49.7 Å². The number of methoxy groups -OCH3 is 1. The lowest BCUT2D eigenvalue weighted by Crippen LogP contribution is -2.29. The number of aryl methyl sites for hydroxylation is 1. The standard InChI is InChI=1S/C12H18O3/c1-12(14,9-13)8-7-10-3-5-11(15-2)6-4-10/h3-6,13-14H,7-9H2,1-2H3. The van der Waals surface area contributed by atoms with Crippen LogP contribution < -0.4 is 4.74 Å². The quantitative estimate of drug-likeness (QED) is 0.771. The van der Waals surface area contributed by atoms with Gasteiger partial charge in [0.15, 0.2) is 0 Å². The normalized spacial score (nSPS) is 14.7. The summed E-state index contributed by atoms with van der Waals surface area (Å²) in [5.74, 6) is 0.827. The minimum absolute atomic E-state index is 0.205. The second-order valence-corrected chi connectivity index (χ2v) is 4.00. The molecule has 1 unspecified atom stereocenters. The molecule has 1 aromatic rings. The first-order valence-electron chi connectivity index (χ1n) is 5.03. The average molecular weight is 210 g/mol. The van der Waals surface area contributed by atoms with Gasteiger partial charge in [-0.2, -0.15) is 0 Å². The molecule has 0 radical (unpaired) electrons. The lowest BCUT2D eigenvalue weighted by Gasteiger charge is -2.19. The molecule has 84 valence electrons. The number of benzene rings is 1. The van der Waals surface area contributed by atoms with E-state index in [9.17, 15) is 5.11 Å². The van der Waals surface area contributed by atoms with Gasteiger partial charge in [0.05, 0.1) is 19.3 Å². The van der Waals surface area contributed by atoms with Gasteiger partial charge >= 0.3 is 0 Å². The second-order valence-electron chi connectivity index (χ2n) is 4.00. The van der Waals surface area contributed by atoms with Crippen LogP contribution in [0.25, 0.3) is 0 Å². The fraction of sp³-hybridized carbons (Fsp3) is 0.500. The summed E-state index contributed by atoms with van der Waals surface area (Å²) in [7, 11) is 1.63. The van der Waals surface area contributed by atoms with E-state index in [1.165, 1.54) is 0 Å². The van der Waals surface area contributed by atoms with E-state index < -0.39 is 5.60 Å². The van der Waals surface area contributed by atoms with E-state index in [0.717, 1.165) is 17.7 Å². The fourth-order valence-electron chi connectivity index (χ4n) is 1.28. The molecule has 0 aliphatic carbocycles. The molecule has 1 atom stereocenters. The summed E-state index contributed by atoms with van der Waals surface area (Å²) in [6.45, 7) is 1.43. The maximum Gasteiger partial charge on any atom is 0.118 e. The monoisotopic (exact) mass is 210 g/mol. The molecule has 0 heterocycles. The largest absolute Gasteiger partial charge is 0.497 e. The van der Waals surface area contributed by atoms with Gasteiger partial charge in [-0.25, -0.2) is 0 Å². The van der Waals surface area contributed by atoms with Gasteiger partial charge < -0.3 is 14.9 Å². The molecule has 0 bridgehead atoms. The third-order valence-electron chi connectivity index (χ3n) is 2.45. The molecule has 2 N–H and O–H groups in total. The zero-order valence-electron chi connectivity index (χ0n) is 9.23. The van der Waals surface area contributed by atoms with Crippen LogP contribution in [0, 0.1) is 0 Å². The van der Waals surface area contributed by atoms with Gasteiger partial charge in [0.25, 0.3) is 0 Å². The molecule has 3 nitrogen and oxygen atoms in total. The van der Waals surface area contributed by atoms with Crippen LogP contribution in [0.4, 0.5) is 0 Å². The van der Waals surface area contributed by atoms with E-state index in [1.807, 2.05) is 24.3 Å². The van der Waals surface area contributed by atoms with E-state index >= 15 is 0 Å². The Labute approximate surface area is 90.3 Å². The number of ether oxygens (including phenoxy) is 1. The second kappa shape index (κ2) is 5.14. The van der Waals surface area contributed by atoms with E-state index in [0.29, 0.717) is 6.42 Å². The highest BCUT2D eigenvalue weighted by molar-refractivity contribution is 5.27. The Hall–Kier alpha value is -1.06. The maximum absolute atomic E-state index is 9.61.